The van der Waals surface area contributed by atoms with Crippen LogP contribution in [0.3, 0.4) is 0 Å². The standard InChI is InChI=1S/C22H19N3O3/c26-22-11-19(27-14-16-4-2-1-3-5-16)8-9-24(22)18-6-7-21-17(10-18)12-23-25(21)13-20-15-28-20/h1-12,20H,13-15H2/t20-/m0/s1. The second-order valence-electron chi connectivity index (χ2n) is 6.87. The highest BCUT2D eigenvalue weighted by molar-refractivity contribution is 5.81. The highest BCUT2D eigenvalue weighted by Crippen LogP contribution is 2.21. The lowest BCUT2D eigenvalue weighted by molar-refractivity contribution is 0.305. The van der Waals surface area contributed by atoms with Crippen LogP contribution in [-0.4, -0.2) is 27.1 Å². The molecule has 5 rings (SSSR count). The summed E-state index contributed by atoms with van der Waals surface area (Å²) in [6.45, 7) is 1.99. The van der Waals surface area contributed by atoms with Crippen molar-refractivity contribution in [2.45, 2.75) is 19.3 Å². The van der Waals surface area contributed by atoms with Crippen LogP contribution in [0, 0.1) is 0 Å². The van der Waals surface area contributed by atoms with Crippen molar-refractivity contribution in [1.29, 1.82) is 0 Å². The van der Waals surface area contributed by atoms with E-state index in [4.69, 9.17) is 9.47 Å². The van der Waals surface area contributed by atoms with E-state index in [-0.39, 0.29) is 11.7 Å². The molecule has 0 aliphatic carbocycles. The van der Waals surface area contributed by atoms with Gasteiger partial charge in [0, 0.05) is 23.3 Å². The summed E-state index contributed by atoms with van der Waals surface area (Å²) in [6.07, 6.45) is 3.84. The van der Waals surface area contributed by atoms with Crippen molar-refractivity contribution in [2.75, 3.05) is 6.61 Å². The van der Waals surface area contributed by atoms with Crippen LogP contribution in [0.2, 0.25) is 0 Å². The average molecular weight is 373 g/mol. The Morgan fingerprint density at radius 3 is 2.75 bits per heavy atom. The van der Waals surface area contributed by atoms with E-state index in [0.29, 0.717) is 12.4 Å². The number of epoxide rings is 1. The second-order valence-corrected chi connectivity index (χ2v) is 6.87. The Balaban J connectivity index is 1.37. The fourth-order valence-electron chi connectivity index (χ4n) is 3.24. The first-order chi connectivity index (χ1) is 13.8. The maximum Gasteiger partial charge on any atom is 0.258 e. The van der Waals surface area contributed by atoms with E-state index >= 15 is 0 Å². The molecule has 0 bridgehead atoms. The Labute approximate surface area is 161 Å². The van der Waals surface area contributed by atoms with Crippen LogP contribution in [0.1, 0.15) is 5.56 Å². The molecule has 1 aliphatic heterocycles. The zero-order valence-electron chi connectivity index (χ0n) is 15.2. The number of ether oxygens (including phenoxy) is 2. The van der Waals surface area contributed by atoms with Gasteiger partial charge in [-0.1, -0.05) is 30.3 Å². The Morgan fingerprint density at radius 1 is 1.11 bits per heavy atom. The Bertz CT molecular complexity index is 1180. The van der Waals surface area contributed by atoms with Crippen molar-refractivity contribution < 1.29 is 9.47 Å². The highest BCUT2D eigenvalue weighted by atomic mass is 16.6. The Morgan fingerprint density at radius 2 is 1.96 bits per heavy atom. The summed E-state index contributed by atoms with van der Waals surface area (Å²) in [5.74, 6) is 0.559. The summed E-state index contributed by atoms with van der Waals surface area (Å²) >= 11 is 0. The molecule has 0 amide bonds. The van der Waals surface area contributed by atoms with Gasteiger partial charge in [0.15, 0.2) is 0 Å². The van der Waals surface area contributed by atoms with Crippen molar-refractivity contribution in [1.82, 2.24) is 14.3 Å². The number of aromatic nitrogens is 3. The lowest BCUT2D eigenvalue weighted by atomic mass is 10.2. The molecular weight excluding hydrogens is 354 g/mol. The van der Waals surface area contributed by atoms with Gasteiger partial charge in [-0.2, -0.15) is 5.10 Å². The van der Waals surface area contributed by atoms with Crippen molar-refractivity contribution in [2.24, 2.45) is 0 Å². The van der Waals surface area contributed by atoms with Gasteiger partial charge in [-0.3, -0.25) is 14.0 Å². The van der Waals surface area contributed by atoms with Crippen LogP contribution in [0.25, 0.3) is 16.6 Å². The van der Waals surface area contributed by atoms with Crippen LogP contribution in [0.15, 0.2) is 77.9 Å². The number of nitrogens with zero attached hydrogens (tertiary/aromatic N) is 3. The van der Waals surface area contributed by atoms with E-state index in [1.165, 1.54) is 6.07 Å². The lowest BCUT2D eigenvalue weighted by Crippen LogP contribution is -2.16. The van der Waals surface area contributed by atoms with Gasteiger partial charge in [0.1, 0.15) is 18.5 Å². The molecule has 1 fully saturated rings. The maximum absolute atomic E-state index is 12.6. The monoisotopic (exact) mass is 373 g/mol. The van der Waals surface area contributed by atoms with Gasteiger partial charge in [-0.15, -0.1) is 0 Å². The van der Waals surface area contributed by atoms with E-state index in [1.807, 2.05) is 65.5 Å². The molecule has 0 unspecified atom stereocenters. The van der Waals surface area contributed by atoms with E-state index in [0.717, 1.165) is 35.3 Å². The summed E-state index contributed by atoms with van der Waals surface area (Å²) in [4.78, 5) is 12.6. The van der Waals surface area contributed by atoms with Crippen LogP contribution >= 0.6 is 0 Å². The topological polar surface area (TPSA) is 61.6 Å². The first-order valence-electron chi connectivity index (χ1n) is 9.23. The maximum atomic E-state index is 12.6. The van der Waals surface area contributed by atoms with Gasteiger partial charge in [0.2, 0.25) is 0 Å². The predicted molar refractivity (Wildman–Crippen MR) is 106 cm³/mol. The molecule has 1 atom stereocenters. The molecule has 0 spiro atoms. The third-order valence-electron chi connectivity index (χ3n) is 4.82. The van der Waals surface area contributed by atoms with Gasteiger partial charge >= 0.3 is 0 Å². The van der Waals surface area contributed by atoms with Crippen molar-refractivity contribution in [3.63, 3.8) is 0 Å². The number of hydrogen-bond acceptors (Lipinski definition) is 4. The lowest BCUT2D eigenvalue weighted by Gasteiger charge is -2.09. The number of hydrogen-bond donors (Lipinski definition) is 0. The molecule has 0 radical (unpaired) electrons. The van der Waals surface area contributed by atoms with E-state index < -0.39 is 0 Å². The summed E-state index contributed by atoms with van der Waals surface area (Å²) in [5, 5.41) is 5.42. The van der Waals surface area contributed by atoms with Crippen LogP contribution in [0.4, 0.5) is 0 Å². The zero-order valence-corrected chi connectivity index (χ0v) is 15.2. The molecular formula is C22H19N3O3. The normalized spacial score (nSPS) is 15.6. The Hall–Kier alpha value is -3.38. The number of pyridine rings is 1. The van der Waals surface area contributed by atoms with Crippen molar-refractivity contribution >= 4 is 10.9 Å². The zero-order chi connectivity index (χ0) is 18.9. The molecule has 6 nitrogen and oxygen atoms in total. The molecule has 0 N–H and O–H groups in total. The second kappa shape index (κ2) is 6.98. The minimum Gasteiger partial charge on any atom is -0.489 e. The van der Waals surface area contributed by atoms with Crippen LogP contribution in [0.5, 0.6) is 5.75 Å². The Kier molecular flexibility index (Phi) is 4.18. The van der Waals surface area contributed by atoms with E-state index in [2.05, 4.69) is 5.10 Å². The van der Waals surface area contributed by atoms with Gasteiger partial charge < -0.3 is 9.47 Å². The van der Waals surface area contributed by atoms with Gasteiger partial charge in [0.25, 0.3) is 5.56 Å². The first kappa shape index (κ1) is 16.8. The van der Waals surface area contributed by atoms with Crippen molar-refractivity contribution in [3.8, 4) is 11.4 Å². The molecule has 1 saturated heterocycles. The highest BCUT2D eigenvalue weighted by Gasteiger charge is 2.23. The third-order valence-corrected chi connectivity index (χ3v) is 4.82. The predicted octanol–water partition coefficient (Wildman–Crippen LogP) is 3.17. The molecule has 6 heteroatoms. The summed E-state index contributed by atoms with van der Waals surface area (Å²) in [6, 6.07) is 19.1. The number of fused-ring (bicyclic) bond motifs is 1. The largest absolute Gasteiger partial charge is 0.489 e. The summed E-state index contributed by atoms with van der Waals surface area (Å²) < 4.78 is 14.6. The molecule has 2 aromatic heterocycles. The van der Waals surface area contributed by atoms with Crippen LogP contribution in [-0.2, 0) is 17.9 Å². The summed E-state index contributed by atoms with van der Waals surface area (Å²) in [5.41, 5.74) is 2.76. The third kappa shape index (κ3) is 3.42. The first-order valence-corrected chi connectivity index (χ1v) is 9.23. The van der Waals surface area contributed by atoms with E-state index in [1.54, 1.807) is 10.8 Å². The molecule has 1 aliphatic rings. The summed E-state index contributed by atoms with van der Waals surface area (Å²) in [7, 11) is 0. The van der Waals surface area contributed by atoms with Crippen LogP contribution < -0.4 is 10.3 Å². The van der Waals surface area contributed by atoms with Gasteiger partial charge in [-0.25, -0.2) is 0 Å². The minimum atomic E-state index is -0.135. The quantitative estimate of drug-likeness (QED) is 0.487. The van der Waals surface area contributed by atoms with Crippen molar-refractivity contribution in [3.05, 3.63) is 89.0 Å². The minimum absolute atomic E-state index is 0.135. The fourth-order valence-corrected chi connectivity index (χ4v) is 3.24. The number of rotatable bonds is 6. The van der Waals surface area contributed by atoms with Gasteiger partial charge in [0.05, 0.1) is 24.9 Å². The average Bonchev–Trinajstić information content (AvgIpc) is 3.46. The molecule has 2 aromatic carbocycles. The SMILES string of the molecule is O=c1cc(OCc2ccccc2)ccn1-c1ccc2c(cnn2C[C@H]2CO2)c1. The molecule has 28 heavy (non-hydrogen) atoms. The van der Waals surface area contributed by atoms with Gasteiger partial charge in [-0.05, 0) is 29.8 Å². The molecule has 3 heterocycles. The molecule has 140 valence electrons. The fraction of sp³-hybridized carbons (Fsp3) is 0.182. The molecule has 4 aromatic rings. The van der Waals surface area contributed by atoms with E-state index in [9.17, 15) is 4.79 Å². The number of benzene rings is 2. The molecule has 0 saturated carbocycles. The smallest absolute Gasteiger partial charge is 0.258 e.